The molecule has 1 aliphatic rings. The van der Waals surface area contributed by atoms with Gasteiger partial charge in [0.1, 0.15) is 12.3 Å². The van der Waals surface area contributed by atoms with Crippen molar-refractivity contribution in [3.63, 3.8) is 0 Å². The molecule has 0 bridgehead atoms. The van der Waals surface area contributed by atoms with Crippen molar-refractivity contribution in [2.75, 3.05) is 27.3 Å². The highest BCUT2D eigenvalue weighted by Gasteiger charge is 2.32. The molecule has 1 amide bonds. The number of halogens is 1. The molecule has 18 heavy (non-hydrogen) atoms. The average molecular weight is 260 g/mol. The van der Waals surface area contributed by atoms with Crippen molar-refractivity contribution in [1.29, 1.82) is 0 Å². The number of hydrogen-bond donors (Lipinski definition) is 0. The van der Waals surface area contributed by atoms with Crippen molar-refractivity contribution in [3.05, 3.63) is 0 Å². The zero-order chi connectivity index (χ0) is 13.9. The topological polar surface area (TPSA) is 32.8 Å². The number of ether oxygens (including phenoxy) is 1. The normalized spacial score (nSPS) is 25.9. The molecule has 0 saturated carbocycles. The summed E-state index contributed by atoms with van der Waals surface area (Å²) < 4.78 is 18.2. The first kappa shape index (κ1) is 15.2. The third-order valence-corrected chi connectivity index (χ3v) is 3.39. The molecular formula is C13H25FN2O2. The molecule has 0 radical (unpaired) electrons. The SMILES string of the molecule is CN1CCC(N(C)C(=O)OC(C)(C)C)CC1CF. The van der Waals surface area contributed by atoms with E-state index in [9.17, 15) is 9.18 Å². The Morgan fingerprint density at radius 3 is 2.61 bits per heavy atom. The van der Waals surface area contributed by atoms with Crippen molar-refractivity contribution >= 4 is 6.09 Å². The van der Waals surface area contributed by atoms with Gasteiger partial charge in [-0.15, -0.1) is 0 Å². The number of hydrogen-bond acceptors (Lipinski definition) is 3. The maximum atomic E-state index is 12.9. The first-order valence-corrected chi connectivity index (χ1v) is 6.46. The average Bonchev–Trinajstić information content (AvgIpc) is 2.26. The summed E-state index contributed by atoms with van der Waals surface area (Å²) in [7, 11) is 3.66. The van der Waals surface area contributed by atoms with Gasteiger partial charge in [-0.3, -0.25) is 0 Å². The van der Waals surface area contributed by atoms with Crippen LogP contribution < -0.4 is 0 Å². The molecule has 2 atom stereocenters. The van der Waals surface area contributed by atoms with E-state index < -0.39 is 5.60 Å². The fourth-order valence-corrected chi connectivity index (χ4v) is 2.16. The van der Waals surface area contributed by atoms with Gasteiger partial charge in [-0.1, -0.05) is 0 Å². The van der Waals surface area contributed by atoms with Crippen molar-refractivity contribution in [3.8, 4) is 0 Å². The second-order valence-electron chi connectivity index (χ2n) is 6.06. The molecular weight excluding hydrogens is 235 g/mol. The lowest BCUT2D eigenvalue weighted by molar-refractivity contribution is 0.00980. The van der Waals surface area contributed by atoms with Crippen molar-refractivity contribution in [1.82, 2.24) is 9.80 Å². The van der Waals surface area contributed by atoms with E-state index in [1.165, 1.54) is 0 Å². The lowest BCUT2D eigenvalue weighted by atomic mass is 9.97. The Morgan fingerprint density at radius 2 is 2.11 bits per heavy atom. The van der Waals surface area contributed by atoms with Gasteiger partial charge in [0.2, 0.25) is 0 Å². The molecule has 106 valence electrons. The van der Waals surface area contributed by atoms with Crippen LogP contribution in [-0.2, 0) is 4.74 Å². The van der Waals surface area contributed by atoms with Crippen molar-refractivity contribution in [2.45, 2.75) is 51.3 Å². The molecule has 1 fully saturated rings. The van der Waals surface area contributed by atoms with Crippen LogP contribution in [0.25, 0.3) is 0 Å². The highest BCUT2D eigenvalue weighted by Crippen LogP contribution is 2.22. The molecule has 1 aliphatic heterocycles. The number of nitrogens with zero attached hydrogens (tertiary/aromatic N) is 2. The van der Waals surface area contributed by atoms with Crippen LogP contribution in [0.5, 0.6) is 0 Å². The van der Waals surface area contributed by atoms with E-state index in [-0.39, 0.29) is 24.9 Å². The molecule has 2 unspecified atom stereocenters. The molecule has 0 aromatic carbocycles. The Balaban J connectivity index is 2.56. The Kier molecular flexibility index (Phi) is 4.96. The minimum absolute atomic E-state index is 0.0665. The summed E-state index contributed by atoms with van der Waals surface area (Å²) in [6, 6.07) is -0.0227. The van der Waals surface area contributed by atoms with Crippen molar-refractivity contribution < 1.29 is 13.9 Å². The maximum Gasteiger partial charge on any atom is 0.410 e. The minimum Gasteiger partial charge on any atom is -0.444 e. The molecule has 0 spiro atoms. The molecule has 1 rings (SSSR count). The Labute approximate surface area is 109 Å². The Morgan fingerprint density at radius 1 is 1.50 bits per heavy atom. The standard InChI is InChI=1S/C13H25FN2O2/c1-13(2,3)18-12(17)16(5)10-6-7-15(4)11(8-10)9-14/h10-11H,6-9H2,1-5H3. The summed E-state index contributed by atoms with van der Waals surface area (Å²) in [4.78, 5) is 15.6. The third kappa shape index (κ3) is 4.12. The number of rotatable bonds is 2. The first-order valence-electron chi connectivity index (χ1n) is 6.46. The van der Waals surface area contributed by atoms with Gasteiger partial charge in [0.15, 0.2) is 0 Å². The number of carbonyl (C=O) groups excluding carboxylic acids is 1. The highest BCUT2D eigenvalue weighted by atomic mass is 19.1. The van der Waals surface area contributed by atoms with E-state index in [0.717, 1.165) is 13.0 Å². The van der Waals surface area contributed by atoms with Gasteiger partial charge >= 0.3 is 6.09 Å². The van der Waals surface area contributed by atoms with Gasteiger partial charge < -0.3 is 14.5 Å². The predicted octanol–water partition coefficient (Wildman–Crippen LogP) is 2.29. The largest absolute Gasteiger partial charge is 0.444 e. The first-order chi connectivity index (χ1) is 8.24. The Bertz CT molecular complexity index is 291. The number of amides is 1. The quantitative estimate of drug-likeness (QED) is 0.763. The summed E-state index contributed by atoms with van der Waals surface area (Å²) in [5.74, 6) is 0. The molecule has 1 heterocycles. The van der Waals surface area contributed by atoms with Crippen LogP contribution in [0.1, 0.15) is 33.6 Å². The lowest BCUT2D eigenvalue weighted by Crippen LogP contribution is -2.50. The predicted molar refractivity (Wildman–Crippen MR) is 69.4 cm³/mol. The van der Waals surface area contributed by atoms with Crippen LogP contribution >= 0.6 is 0 Å². The monoisotopic (exact) mass is 260 g/mol. The smallest absolute Gasteiger partial charge is 0.410 e. The van der Waals surface area contributed by atoms with Gasteiger partial charge in [-0.05, 0) is 40.7 Å². The van der Waals surface area contributed by atoms with Crippen LogP contribution in [0, 0.1) is 0 Å². The van der Waals surface area contributed by atoms with Crippen molar-refractivity contribution in [2.24, 2.45) is 0 Å². The van der Waals surface area contributed by atoms with E-state index in [0.29, 0.717) is 6.42 Å². The minimum atomic E-state index is -0.490. The molecule has 0 N–H and O–H groups in total. The van der Waals surface area contributed by atoms with Gasteiger partial charge in [0.25, 0.3) is 0 Å². The molecule has 0 aromatic rings. The zero-order valence-corrected chi connectivity index (χ0v) is 12.1. The lowest BCUT2D eigenvalue weighted by Gasteiger charge is -2.39. The summed E-state index contributed by atoms with van der Waals surface area (Å²) in [5.41, 5.74) is -0.490. The summed E-state index contributed by atoms with van der Waals surface area (Å²) in [5, 5.41) is 0. The molecule has 4 nitrogen and oxygen atoms in total. The van der Waals surface area contributed by atoms with E-state index in [2.05, 4.69) is 0 Å². The van der Waals surface area contributed by atoms with Gasteiger partial charge in [-0.2, -0.15) is 0 Å². The van der Waals surface area contributed by atoms with Crippen LogP contribution in [0.3, 0.4) is 0 Å². The molecule has 5 heteroatoms. The highest BCUT2D eigenvalue weighted by molar-refractivity contribution is 5.68. The number of likely N-dealkylation sites (tertiary alicyclic amines) is 1. The van der Waals surface area contributed by atoms with Crippen LogP contribution in [0.2, 0.25) is 0 Å². The van der Waals surface area contributed by atoms with Gasteiger partial charge in [0.05, 0.1) is 0 Å². The maximum absolute atomic E-state index is 12.9. The summed E-state index contributed by atoms with van der Waals surface area (Å²) in [6.07, 6.45) is 1.21. The fraction of sp³-hybridized carbons (Fsp3) is 0.923. The zero-order valence-electron chi connectivity index (χ0n) is 12.1. The molecule has 0 aliphatic carbocycles. The Hall–Kier alpha value is -0.840. The second kappa shape index (κ2) is 5.87. The summed E-state index contributed by atoms with van der Waals surface area (Å²) in [6.45, 7) is 5.98. The van der Waals surface area contributed by atoms with Crippen LogP contribution in [0.4, 0.5) is 9.18 Å². The summed E-state index contributed by atoms with van der Waals surface area (Å²) >= 11 is 0. The number of piperidine rings is 1. The second-order valence-corrected chi connectivity index (χ2v) is 6.06. The number of carbonyl (C=O) groups is 1. The molecule has 0 aromatic heterocycles. The van der Waals surface area contributed by atoms with Gasteiger partial charge in [-0.25, -0.2) is 9.18 Å². The van der Waals surface area contributed by atoms with E-state index in [1.807, 2.05) is 32.7 Å². The fourth-order valence-electron chi connectivity index (χ4n) is 2.16. The molecule has 1 saturated heterocycles. The van der Waals surface area contributed by atoms with Crippen LogP contribution in [-0.4, -0.2) is 60.9 Å². The number of alkyl halides is 1. The van der Waals surface area contributed by atoms with Crippen LogP contribution in [0.15, 0.2) is 0 Å². The third-order valence-electron chi connectivity index (χ3n) is 3.39. The van der Waals surface area contributed by atoms with E-state index in [1.54, 1.807) is 11.9 Å². The van der Waals surface area contributed by atoms with Gasteiger partial charge in [0, 0.05) is 25.7 Å². The van der Waals surface area contributed by atoms with E-state index in [4.69, 9.17) is 4.74 Å². The van der Waals surface area contributed by atoms with E-state index >= 15 is 0 Å².